The molecule has 9 nitrogen and oxygen atoms in total. The molecule has 1 rings (SSSR count). The zero-order chi connectivity index (χ0) is 21.8. The van der Waals surface area contributed by atoms with Crippen LogP contribution in [0.5, 0.6) is 0 Å². The Balaban J connectivity index is 2.35. The zero-order valence-electron chi connectivity index (χ0n) is 17.7. The van der Waals surface area contributed by atoms with E-state index in [9.17, 15) is 19.2 Å². The van der Waals surface area contributed by atoms with Gasteiger partial charge in [-0.3, -0.25) is 19.2 Å². The molecule has 0 unspecified atom stereocenters. The SMILES string of the molecule is CCCC[C@@H]1NC[C@H](C(=O)CN[C@@H](C)C(=O)CC(=O)[C@@H](N)CCCCN)NC1=O. The standard InChI is InChI=1S/C20H37N5O4/c1-3-4-8-15-20(29)25-16(11-24-15)19(28)12-23-13(2)17(26)10-18(27)14(22)7-5-6-9-21/h13-16,23-24H,3-12,21-22H2,1-2H3,(H,25,29)/t13-,14-,15-,16+/m0/s1. The third-order valence-electron chi connectivity index (χ3n) is 5.23. The van der Waals surface area contributed by atoms with Gasteiger partial charge in [-0.15, -0.1) is 0 Å². The fourth-order valence-corrected chi connectivity index (χ4v) is 3.13. The van der Waals surface area contributed by atoms with E-state index in [4.69, 9.17) is 11.5 Å². The van der Waals surface area contributed by atoms with Crippen LogP contribution in [0.2, 0.25) is 0 Å². The Morgan fingerprint density at radius 2 is 1.93 bits per heavy atom. The quantitative estimate of drug-likeness (QED) is 0.173. The van der Waals surface area contributed by atoms with Crippen molar-refractivity contribution in [3.8, 4) is 0 Å². The van der Waals surface area contributed by atoms with Crippen LogP contribution in [0.1, 0.15) is 58.8 Å². The number of unbranched alkanes of at least 4 members (excludes halogenated alkanes) is 2. The molecule has 0 spiro atoms. The van der Waals surface area contributed by atoms with Crippen molar-refractivity contribution in [3.63, 3.8) is 0 Å². The van der Waals surface area contributed by atoms with Crippen LogP contribution in [-0.2, 0) is 19.2 Å². The molecule has 0 bridgehead atoms. The van der Waals surface area contributed by atoms with Crippen LogP contribution >= 0.6 is 0 Å². The largest absolute Gasteiger partial charge is 0.344 e. The Hall–Kier alpha value is -1.68. The van der Waals surface area contributed by atoms with Gasteiger partial charge in [0, 0.05) is 6.54 Å². The number of nitrogens with one attached hydrogen (secondary N) is 3. The predicted octanol–water partition coefficient (Wildman–Crippen LogP) is -0.835. The summed E-state index contributed by atoms with van der Waals surface area (Å²) in [7, 11) is 0. The molecule has 1 saturated heterocycles. The van der Waals surface area contributed by atoms with Crippen molar-refractivity contribution in [3.05, 3.63) is 0 Å². The van der Waals surface area contributed by atoms with Crippen molar-refractivity contribution in [2.75, 3.05) is 19.6 Å². The highest BCUT2D eigenvalue weighted by atomic mass is 16.2. The topological polar surface area (TPSA) is 156 Å². The molecule has 0 aromatic rings. The summed E-state index contributed by atoms with van der Waals surface area (Å²) < 4.78 is 0. The van der Waals surface area contributed by atoms with Gasteiger partial charge in [-0.1, -0.05) is 26.2 Å². The molecule has 0 aromatic carbocycles. The lowest BCUT2D eigenvalue weighted by atomic mass is 9.99. The van der Waals surface area contributed by atoms with E-state index >= 15 is 0 Å². The third kappa shape index (κ3) is 9.12. The van der Waals surface area contributed by atoms with Crippen molar-refractivity contribution in [2.45, 2.75) is 83.0 Å². The maximum Gasteiger partial charge on any atom is 0.237 e. The van der Waals surface area contributed by atoms with E-state index in [1.165, 1.54) is 0 Å². The summed E-state index contributed by atoms with van der Waals surface area (Å²) in [5.74, 6) is -0.970. The maximum absolute atomic E-state index is 12.3. The molecule has 7 N–H and O–H groups in total. The second-order valence-electron chi connectivity index (χ2n) is 7.73. The number of carbonyl (C=O) groups excluding carboxylic acids is 4. The van der Waals surface area contributed by atoms with Gasteiger partial charge in [0.25, 0.3) is 0 Å². The van der Waals surface area contributed by atoms with Gasteiger partial charge in [0.15, 0.2) is 17.3 Å². The van der Waals surface area contributed by atoms with Gasteiger partial charge in [0.2, 0.25) is 5.91 Å². The highest BCUT2D eigenvalue weighted by Gasteiger charge is 2.31. The Bertz CT molecular complexity index is 569. The zero-order valence-corrected chi connectivity index (χ0v) is 17.7. The molecular weight excluding hydrogens is 374 g/mol. The van der Waals surface area contributed by atoms with E-state index in [2.05, 4.69) is 22.9 Å². The minimum atomic E-state index is -0.663. The van der Waals surface area contributed by atoms with Crippen LogP contribution in [0.4, 0.5) is 0 Å². The molecule has 0 radical (unpaired) electrons. The number of hydrogen-bond acceptors (Lipinski definition) is 8. The molecule has 9 heteroatoms. The monoisotopic (exact) mass is 411 g/mol. The highest BCUT2D eigenvalue weighted by molar-refractivity contribution is 6.03. The number of amides is 1. The third-order valence-corrected chi connectivity index (χ3v) is 5.23. The first-order valence-corrected chi connectivity index (χ1v) is 10.6. The first-order chi connectivity index (χ1) is 13.8. The Morgan fingerprint density at radius 3 is 2.55 bits per heavy atom. The Kier molecular flexibility index (Phi) is 11.8. The van der Waals surface area contributed by atoms with Gasteiger partial charge in [-0.2, -0.15) is 0 Å². The van der Waals surface area contributed by atoms with Crippen LogP contribution in [-0.4, -0.2) is 67.1 Å². The number of hydrogen-bond donors (Lipinski definition) is 5. The van der Waals surface area contributed by atoms with Gasteiger partial charge in [0.05, 0.1) is 31.1 Å². The molecule has 1 amide bonds. The predicted molar refractivity (Wildman–Crippen MR) is 111 cm³/mol. The smallest absolute Gasteiger partial charge is 0.237 e. The summed E-state index contributed by atoms with van der Waals surface area (Å²) in [4.78, 5) is 48.7. The lowest BCUT2D eigenvalue weighted by Gasteiger charge is -2.29. The molecular formula is C20H37N5O4. The lowest BCUT2D eigenvalue weighted by molar-refractivity contribution is -0.131. The van der Waals surface area contributed by atoms with Crippen molar-refractivity contribution in [1.29, 1.82) is 0 Å². The molecule has 1 fully saturated rings. The van der Waals surface area contributed by atoms with E-state index in [1.807, 2.05) is 0 Å². The summed E-state index contributed by atoms with van der Waals surface area (Å²) in [6, 6.07) is -2.19. The summed E-state index contributed by atoms with van der Waals surface area (Å²) >= 11 is 0. The summed E-state index contributed by atoms with van der Waals surface area (Å²) in [5, 5.41) is 8.70. The van der Waals surface area contributed by atoms with Crippen LogP contribution in [0, 0.1) is 0 Å². The van der Waals surface area contributed by atoms with Gasteiger partial charge < -0.3 is 27.4 Å². The van der Waals surface area contributed by atoms with Crippen molar-refractivity contribution in [2.24, 2.45) is 11.5 Å². The molecule has 1 aliphatic heterocycles. The molecule has 0 aromatic heterocycles. The van der Waals surface area contributed by atoms with E-state index < -0.39 is 18.1 Å². The second-order valence-corrected chi connectivity index (χ2v) is 7.73. The first kappa shape index (κ1) is 25.4. The van der Waals surface area contributed by atoms with Crippen LogP contribution in [0.3, 0.4) is 0 Å². The minimum absolute atomic E-state index is 0.0596. The molecule has 1 aliphatic rings. The Morgan fingerprint density at radius 1 is 1.21 bits per heavy atom. The molecule has 166 valence electrons. The molecule has 4 atom stereocenters. The average molecular weight is 412 g/mol. The number of rotatable bonds is 15. The fraction of sp³-hybridized carbons (Fsp3) is 0.800. The maximum atomic E-state index is 12.3. The molecule has 0 saturated carbocycles. The number of Topliss-reactive ketones (excluding diaryl/α,β-unsaturated/α-hetero) is 3. The van der Waals surface area contributed by atoms with Gasteiger partial charge >= 0.3 is 0 Å². The van der Waals surface area contributed by atoms with Crippen molar-refractivity contribution in [1.82, 2.24) is 16.0 Å². The molecule has 1 heterocycles. The van der Waals surface area contributed by atoms with Crippen LogP contribution in [0.25, 0.3) is 0 Å². The molecule has 29 heavy (non-hydrogen) atoms. The van der Waals surface area contributed by atoms with Gasteiger partial charge in [-0.05, 0) is 32.7 Å². The number of piperazine rings is 1. The van der Waals surface area contributed by atoms with E-state index in [-0.39, 0.29) is 42.3 Å². The normalized spacial score (nSPS) is 21.3. The van der Waals surface area contributed by atoms with E-state index in [1.54, 1.807) is 6.92 Å². The summed E-state index contributed by atoms with van der Waals surface area (Å²) in [5.41, 5.74) is 11.2. The lowest BCUT2D eigenvalue weighted by Crippen LogP contribution is -2.62. The Labute approximate surface area is 173 Å². The fourth-order valence-electron chi connectivity index (χ4n) is 3.13. The molecule has 0 aliphatic carbocycles. The average Bonchev–Trinajstić information content (AvgIpc) is 2.70. The summed E-state index contributed by atoms with van der Waals surface area (Å²) in [6.45, 7) is 4.53. The van der Waals surface area contributed by atoms with E-state index in [0.717, 1.165) is 32.1 Å². The number of carbonyl (C=O) groups is 4. The highest BCUT2D eigenvalue weighted by Crippen LogP contribution is 2.06. The number of nitrogens with two attached hydrogens (primary N) is 2. The van der Waals surface area contributed by atoms with Gasteiger partial charge in [-0.25, -0.2) is 0 Å². The number of ketones is 3. The van der Waals surface area contributed by atoms with E-state index in [0.29, 0.717) is 19.5 Å². The van der Waals surface area contributed by atoms with Crippen LogP contribution < -0.4 is 27.4 Å². The van der Waals surface area contributed by atoms with Crippen LogP contribution in [0.15, 0.2) is 0 Å². The second kappa shape index (κ2) is 13.5. The minimum Gasteiger partial charge on any atom is -0.344 e. The first-order valence-electron chi connectivity index (χ1n) is 10.6. The van der Waals surface area contributed by atoms with Crippen molar-refractivity contribution < 1.29 is 19.2 Å². The summed E-state index contributed by atoms with van der Waals surface area (Å²) in [6.07, 6.45) is 4.49. The van der Waals surface area contributed by atoms with Gasteiger partial charge in [0.1, 0.15) is 6.04 Å². The van der Waals surface area contributed by atoms with Crippen molar-refractivity contribution >= 4 is 23.3 Å².